The van der Waals surface area contributed by atoms with Crippen LogP contribution in [0.3, 0.4) is 0 Å². The molecule has 0 saturated heterocycles. The van der Waals surface area contributed by atoms with Crippen LogP contribution in [0, 0.1) is 16.7 Å². The molecule has 0 aromatic rings. The Kier molecular flexibility index (Phi) is 4.50. The number of rotatable bonds is 2. The van der Waals surface area contributed by atoms with Gasteiger partial charge in [-0.05, 0) is 17.3 Å². The average Bonchev–Trinajstić information content (AvgIpc) is 1.94. The third-order valence-corrected chi connectivity index (χ3v) is 2.41. The summed E-state index contributed by atoms with van der Waals surface area (Å²) in [6.07, 6.45) is 0.778. The standard InChI is InChI=1S/C11H21B2NO/c1-10(2,3)7-8(11(4,5)6)9(15)14(12)13/h8H,7H2,1-6H3. The van der Waals surface area contributed by atoms with Gasteiger partial charge in [-0.25, -0.2) is 0 Å². The van der Waals surface area contributed by atoms with Gasteiger partial charge in [0.25, 0.3) is 0 Å². The molecule has 0 aromatic heterocycles. The maximum atomic E-state index is 11.8. The number of hydrogen-bond donors (Lipinski definition) is 0. The monoisotopic (exact) mass is 205 g/mol. The molecule has 4 radical (unpaired) electrons. The van der Waals surface area contributed by atoms with Crippen LogP contribution in [0.4, 0.5) is 0 Å². The second kappa shape index (κ2) is 4.63. The molecular weight excluding hydrogens is 184 g/mol. The Morgan fingerprint density at radius 1 is 1.13 bits per heavy atom. The summed E-state index contributed by atoms with van der Waals surface area (Å²) < 4.78 is 0.710. The molecular formula is C11H21B2NO. The lowest BCUT2D eigenvalue weighted by Gasteiger charge is -2.36. The number of carbonyl (C=O) groups is 1. The molecule has 0 spiro atoms. The van der Waals surface area contributed by atoms with Crippen molar-refractivity contribution >= 4 is 21.9 Å². The van der Waals surface area contributed by atoms with Gasteiger partial charge < -0.3 is 4.72 Å². The number of hydrogen-bond acceptors (Lipinski definition) is 1. The predicted molar refractivity (Wildman–Crippen MR) is 65.4 cm³/mol. The fourth-order valence-corrected chi connectivity index (χ4v) is 1.56. The lowest BCUT2D eigenvalue weighted by molar-refractivity contribution is -0.132. The molecule has 4 heteroatoms. The van der Waals surface area contributed by atoms with Gasteiger partial charge in [0.15, 0.2) is 0 Å². The van der Waals surface area contributed by atoms with Crippen molar-refractivity contribution in [1.29, 1.82) is 0 Å². The zero-order valence-corrected chi connectivity index (χ0v) is 10.8. The zero-order chi connectivity index (χ0) is 12.4. The van der Waals surface area contributed by atoms with Crippen LogP contribution in [0.2, 0.25) is 0 Å². The van der Waals surface area contributed by atoms with Crippen molar-refractivity contribution in [3.05, 3.63) is 0 Å². The third-order valence-electron chi connectivity index (χ3n) is 2.41. The van der Waals surface area contributed by atoms with Gasteiger partial charge in [-0.15, -0.1) is 0 Å². The molecule has 0 rings (SSSR count). The maximum absolute atomic E-state index is 11.8. The van der Waals surface area contributed by atoms with Crippen LogP contribution in [0.15, 0.2) is 0 Å². The molecule has 0 aliphatic rings. The molecule has 1 amide bonds. The Bertz CT molecular complexity index is 226. The van der Waals surface area contributed by atoms with Crippen molar-refractivity contribution in [1.82, 2.24) is 4.72 Å². The highest BCUT2D eigenvalue weighted by atomic mass is 16.2. The van der Waals surface area contributed by atoms with Gasteiger partial charge in [0.05, 0.1) is 0 Å². The van der Waals surface area contributed by atoms with E-state index in [0.717, 1.165) is 6.42 Å². The summed E-state index contributed by atoms with van der Waals surface area (Å²) in [6, 6.07) is 0. The van der Waals surface area contributed by atoms with Crippen molar-refractivity contribution in [2.45, 2.75) is 48.0 Å². The molecule has 1 unspecified atom stereocenters. The summed E-state index contributed by atoms with van der Waals surface area (Å²) >= 11 is 0. The number of nitrogens with zero attached hydrogens (tertiary/aromatic N) is 1. The molecule has 0 aromatic carbocycles. The van der Waals surface area contributed by atoms with E-state index in [1.807, 2.05) is 20.8 Å². The van der Waals surface area contributed by atoms with Crippen LogP contribution in [-0.2, 0) is 4.79 Å². The van der Waals surface area contributed by atoms with Crippen LogP contribution in [0.1, 0.15) is 48.0 Å². The average molecular weight is 205 g/mol. The first-order chi connectivity index (χ1) is 6.45. The van der Waals surface area contributed by atoms with E-state index in [1.165, 1.54) is 0 Å². The Balaban J connectivity index is 4.84. The molecule has 82 valence electrons. The van der Waals surface area contributed by atoms with Crippen molar-refractivity contribution in [3.63, 3.8) is 0 Å². The maximum Gasteiger partial charge on any atom is 0.211 e. The van der Waals surface area contributed by atoms with Gasteiger partial charge >= 0.3 is 0 Å². The Labute approximate surface area is 96.7 Å². The highest BCUT2D eigenvalue weighted by molar-refractivity contribution is 6.34. The van der Waals surface area contributed by atoms with Crippen molar-refractivity contribution in [2.24, 2.45) is 16.7 Å². The minimum absolute atomic E-state index is 0.0869. The van der Waals surface area contributed by atoms with Gasteiger partial charge in [-0.1, -0.05) is 41.5 Å². The summed E-state index contributed by atoms with van der Waals surface area (Å²) in [5.74, 6) is -0.343. The van der Waals surface area contributed by atoms with E-state index in [1.54, 1.807) is 0 Å². The quantitative estimate of drug-likeness (QED) is 0.631. The largest absolute Gasteiger partial charge is 0.449 e. The molecule has 0 aliphatic carbocycles. The molecule has 0 N–H and O–H groups in total. The van der Waals surface area contributed by atoms with Gasteiger partial charge in [-0.2, -0.15) is 0 Å². The molecule has 0 aliphatic heterocycles. The number of amides is 1. The molecule has 2 nitrogen and oxygen atoms in total. The fourth-order valence-electron chi connectivity index (χ4n) is 1.56. The number of carbonyl (C=O) groups excluding carboxylic acids is 1. The topological polar surface area (TPSA) is 20.3 Å². The van der Waals surface area contributed by atoms with E-state index in [-0.39, 0.29) is 22.7 Å². The molecule has 1 atom stereocenters. The normalized spacial score (nSPS) is 14.8. The SMILES string of the molecule is [B]N([B])C(=O)C(CC(C)(C)C)C(C)(C)C. The molecule has 0 bridgehead atoms. The summed E-state index contributed by atoms with van der Waals surface area (Å²) in [5.41, 5.74) is -0.0367. The minimum atomic E-state index is -0.197. The molecule has 0 saturated carbocycles. The van der Waals surface area contributed by atoms with Crippen LogP contribution in [0.5, 0.6) is 0 Å². The molecule has 0 fully saturated rings. The summed E-state index contributed by atoms with van der Waals surface area (Å²) in [5, 5.41) is 0. The first-order valence-electron chi connectivity index (χ1n) is 5.28. The van der Waals surface area contributed by atoms with E-state index < -0.39 is 0 Å². The van der Waals surface area contributed by atoms with E-state index in [4.69, 9.17) is 16.0 Å². The fraction of sp³-hybridized carbons (Fsp3) is 0.909. The molecule has 0 heterocycles. The smallest absolute Gasteiger partial charge is 0.211 e. The second-order valence-electron chi connectivity index (χ2n) is 6.43. The second-order valence-corrected chi connectivity index (χ2v) is 6.43. The van der Waals surface area contributed by atoms with E-state index in [0.29, 0.717) is 4.72 Å². The van der Waals surface area contributed by atoms with Gasteiger partial charge in [0.2, 0.25) is 21.9 Å². The van der Waals surface area contributed by atoms with Gasteiger partial charge in [-0.3, -0.25) is 4.79 Å². The van der Waals surface area contributed by atoms with Crippen molar-refractivity contribution in [3.8, 4) is 0 Å². The van der Waals surface area contributed by atoms with E-state index in [2.05, 4.69) is 20.8 Å². The van der Waals surface area contributed by atoms with Gasteiger partial charge in [0, 0.05) is 5.92 Å². The first-order valence-corrected chi connectivity index (χ1v) is 5.28. The Hall–Kier alpha value is -0.400. The highest BCUT2D eigenvalue weighted by Gasteiger charge is 2.34. The third kappa shape index (κ3) is 5.29. The lowest BCUT2D eigenvalue weighted by atomic mass is 9.71. The Morgan fingerprint density at radius 2 is 1.53 bits per heavy atom. The summed E-state index contributed by atoms with van der Waals surface area (Å²) in [6.45, 7) is 12.4. The van der Waals surface area contributed by atoms with E-state index in [9.17, 15) is 4.79 Å². The van der Waals surface area contributed by atoms with E-state index >= 15 is 0 Å². The minimum Gasteiger partial charge on any atom is -0.449 e. The predicted octanol–water partition coefficient (Wildman–Crippen LogP) is 2.08. The Morgan fingerprint density at radius 3 is 1.73 bits per heavy atom. The summed E-state index contributed by atoms with van der Waals surface area (Å²) in [4.78, 5) is 11.8. The molecule has 15 heavy (non-hydrogen) atoms. The van der Waals surface area contributed by atoms with Crippen LogP contribution in [-0.4, -0.2) is 26.6 Å². The van der Waals surface area contributed by atoms with Crippen LogP contribution < -0.4 is 0 Å². The first kappa shape index (κ1) is 14.6. The lowest BCUT2D eigenvalue weighted by Crippen LogP contribution is -2.40. The van der Waals surface area contributed by atoms with Crippen molar-refractivity contribution < 1.29 is 4.79 Å². The van der Waals surface area contributed by atoms with Crippen LogP contribution >= 0.6 is 0 Å². The summed E-state index contributed by atoms with van der Waals surface area (Å²) in [7, 11) is 10.6. The highest BCUT2D eigenvalue weighted by Crippen LogP contribution is 2.36. The van der Waals surface area contributed by atoms with Crippen LogP contribution in [0.25, 0.3) is 0 Å². The van der Waals surface area contributed by atoms with Crippen molar-refractivity contribution in [2.75, 3.05) is 0 Å². The zero-order valence-electron chi connectivity index (χ0n) is 10.8. The van der Waals surface area contributed by atoms with Gasteiger partial charge in [0.1, 0.15) is 0 Å².